The van der Waals surface area contributed by atoms with Crippen molar-refractivity contribution in [2.45, 2.75) is 11.8 Å². The molecule has 0 amide bonds. The zero-order valence-electron chi connectivity index (χ0n) is 11.0. The van der Waals surface area contributed by atoms with E-state index in [4.69, 9.17) is 16.7 Å². The summed E-state index contributed by atoms with van der Waals surface area (Å²) in [5.41, 5.74) is 0.937. The summed E-state index contributed by atoms with van der Waals surface area (Å²) in [5.74, 6) is -1.13. The Morgan fingerprint density at radius 1 is 1.19 bits per heavy atom. The van der Waals surface area contributed by atoms with Crippen molar-refractivity contribution in [3.05, 3.63) is 58.6 Å². The van der Waals surface area contributed by atoms with Crippen LogP contribution in [0.1, 0.15) is 15.9 Å². The zero-order valence-corrected chi connectivity index (χ0v) is 12.6. The first kappa shape index (κ1) is 15.3. The van der Waals surface area contributed by atoms with E-state index in [-0.39, 0.29) is 16.1 Å². The highest BCUT2D eigenvalue weighted by Crippen LogP contribution is 2.22. The van der Waals surface area contributed by atoms with Gasteiger partial charge in [-0.1, -0.05) is 23.7 Å². The summed E-state index contributed by atoms with van der Waals surface area (Å²) >= 11 is 5.92. The third-order valence-electron chi connectivity index (χ3n) is 2.82. The van der Waals surface area contributed by atoms with E-state index in [2.05, 4.69) is 4.72 Å². The minimum absolute atomic E-state index is 0.00265. The molecule has 2 aromatic rings. The van der Waals surface area contributed by atoms with Crippen molar-refractivity contribution in [3.8, 4) is 0 Å². The van der Waals surface area contributed by atoms with Gasteiger partial charge >= 0.3 is 5.97 Å². The van der Waals surface area contributed by atoms with E-state index in [0.29, 0.717) is 5.02 Å². The van der Waals surface area contributed by atoms with Crippen molar-refractivity contribution in [3.63, 3.8) is 0 Å². The predicted octanol–water partition coefficient (Wildman–Crippen LogP) is 3.15. The molecule has 0 aromatic heterocycles. The SMILES string of the molecule is Cc1ccc(S(=O)(=O)Nc2cccc(C(=O)O)c2)cc1Cl. The first-order chi connectivity index (χ1) is 9.79. The maximum absolute atomic E-state index is 12.2. The van der Waals surface area contributed by atoms with E-state index in [9.17, 15) is 13.2 Å². The Kier molecular flexibility index (Phi) is 4.20. The Balaban J connectivity index is 2.35. The molecule has 0 spiro atoms. The Hall–Kier alpha value is -2.05. The summed E-state index contributed by atoms with van der Waals surface area (Å²) in [6.45, 7) is 1.77. The molecule has 0 saturated carbocycles. The number of sulfonamides is 1. The van der Waals surface area contributed by atoms with Crippen molar-refractivity contribution in [2.24, 2.45) is 0 Å². The molecule has 110 valence electrons. The standard InChI is InChI=1S/C14H12ClNO4S/c1-9-5-6-12(8-13(9)15)21(19,20)16-11-4-2-3-10(7-11)14(17)18/h2-8,16H,1H3,(H,17,18). The maximum atomic E-state index is 12.2. The van der Waals surface area contributed by atoms with E-state index < -0.39 is 16.0 Å². The van der Waals surface area contributed by atoms with Gasteiger partial charge in [0.1, 0.15) is 0 Å². The van der Waals surface area contributed by atoms with Gasteiger partial charge in [0.05, 0.1) is 10.5 Å². The van der Waals surface area contributed by atoms with Crippen LogP contribution in [0.25, 0.3) is 0 Å². The second-order valence-electron chi connectivity index (χ2n) is 4.40. The van der Waals surface area contributed by atoms with E-state index in [1.54, 1.807) is 13.0 Å². The number of benzene rings is 2. The average molecular weight is 326 g/mol. The Bertz CT molecular complexity index is 802. The number of nitrogens with one attached hydrogen (secondary N) is 1. The quantitative estimate of drug-likeness (QED) is 0.904. The Morgan fingerprint density at radius 2 is 1.90 bits per heavy atom. The minimum atomic E-state index is -3.82. The maximum Gasteiger partial charge on any atom is 0.335 e. The Labute approximate surface area is 127 Å². The van der Waals surface area contributed by atoms with Crippen LogP contribution < -0.4 is 4.72 Å². The van der Waals surface area contributed by atoms with Crippen LogP contribution in [0.5, 0.6) is 0 Å². The smallest absolute Gasteiger partial charge is 0.335 e. The van der Waals surface area contributed by atoms with Crippen molar-refractivity contribution < 1.29 is 18.3 Å². The van der Waals surface area contributed by atoms with Gasteiger partial charge in [-0.3, -0.25) is 4.72 Å². The first-order valence-corrected chi connectivity index (χ1v) is 7.78. The van der Waals surface area contributed by atoms with Crippen LogP contribution >= 0.6 is 11.6 Å². The summed E-state index contributed by atoms with van der Waals surface area (Å²) in [7, 11) is -3.82. The number of halogens is 1. The second-order valence-corrected chi connectivity index (χ2v) is 6.49. The molecule has 0 atom stereocenters. The topological polar surface area (TPSA) is 83.5 Å². The lowest BCUT2D eigenvalue weighted by Gasteiger charge is -2.09. The van der Waals surface area contributed by atoms with Crippen LogP contribution in [0.3, 0.4) is 0 Å². The van der Waals surface area contributed by atoms with Gasteiger partial charge in [0.2, 0.25) is 0 Å². The minimum Gasteiger partial charge on any atom is -0.478 e. The van der Waals surface area contributed by atoms with Gasteiger partial charge in [-0.2, -0.15) is 0 Å². The largest absolute Gasteiger partial charge is 0.478 e. The van der Waals surface area contributed by atoms with Gasteiger partial charge in [-0.25, -0.2) is 13.2 Å². The van der Waals surface area contributed by atoms with Gasteiger partial charge < -0.3 is 5.11 Å². The van der Waals surface area contributed by atoms with Crippen LogP contribution in [0.2, 0.25) is 5.02 Å². The van der Waals surface area contributed by atoms with Crippen molar-refractivity contribution in [1.82, 2.24) is 0 Å². The third kappa shape index (κ3) is 3.53. The van der Waals surface area contributed by atoms with E-state index in [1.165, 1.54) is 36.4 Å². The van der Waals surface area contributed by atoms with Gasteiger partial charge in [0.25, 0.3) is 10.0 Å². The van der Waals surface area contributed by atoms with Crippen LogP contribution in [0, 0.1) is 6.92 Å². The van der Waals surface area contributed by atoms with Gasteiger partial charge in [0.15, 0.2) is 0 Å². The van der Waals surface area contributed by atoms with Crippen LogP contribution in [0.4, 0.5) is 5.69 Å². The molecule has 0 unspecified atom stereocenters. The third-order valence-corrected chi connectivity index (χ3v) is 4.60. The number of anilines is 1. The highest BCUT2D eigenvalue weighted by Gasteiger charge is 2.16. The lowest BCUT2D eigenvalue weighted by Crippen LogP contribution is -2.13. The van der Waals surface area contributed by atoms with Crippen molar-refractivity contribution >= 4 is 33.3 Å². The fourth-order valence-electron chi connectivity index (χ4n) is 1.67. The predicted molar refractivity (Wildman–Crippen MR) is 80.4 cm³/mol. The molecule has 7 heteroatoms. The van der Waals surface area contributed by atoms with Crippen LogP contribution in [-0.2, 0) is 10.0 Å². The van der Waals surface area contributed by atoms with Crippen LogP contribution in [-0.4, -0.2) is 19.5 Å². The van der Waals surface area contributed by atoms with Gasteiger partial charge in [-0.05, 0) is 42.8 Å². The number of carbonyl (C=O) groups is 1. The normalized spacial score (nSPS) is 11.1. The van der Waals surface area contributed by atoms with Gasteiger partial charge in [-0.15, -0.1) is 0 Å². The van der Waals surface area contributed by atoms with Crippen LogP contribution in [0.15, 0.2) is 47.4 Å². The summed E-state index contributed by atoms with van der Waals surface area (Å²) in [6.07, 6.45) is 0. The summed E-state index contributed by atoms with van der Waals surface area (Å²) in [4.78, 5) is 10.9. The van der Waals surface area contributed by atoms with E-state index in [0.717, 1.165) is 5.56 Å². The molecular weight excluding hydrogens is 314 g/mol. The number of aromatic carboxylic acids is 1. The molecule has 5 nitrogen and oxygen atoms in total. The fraction of sp³-hybridized carbons (Fsp3) is 0.0714. The number of rotatable bonds is 4. The number of aryl methyl sites for hydroxylation is 1. The Morgan fingerprint density at radius 3 is 2.52 bits per heavy atom. The fourth-order valence-corrected chi connectivity index (χ4v) is 2.99. The monoisotopic (exact) mass is 325 g/mol. The van der Waals surface area contributed by atoms with E-state index in [1.807, 2.05) is 0 Å². The lowest BCUT2D eigenvalue weighted by atomic mass is 10.2. The highest BCUT2D eigenvalue weighted by molar-refractivity contribution is 7.92. The molecule has 2 N–H and O–H groups in total. The van der Waals surface area contributed by atoms with Gasteiger partial charge in [0, 0.05) is 10.7 Å². The number of hydrogen-bond donors (Lipinski definition) is 2. The lowest BCUT2D eigenvalue weighted by molar-refractivity contribution is 0.0697. The molecule has 21 heavy (non-hydrogen) atoms. The molecule has 2 aromatic carbocycles. The highest BCUT2D eigenvalue weighted by atomic mass is 35.5. The molecule has 0 saturated heterocycles. The molecule has 0 aliphatic rings. The average Bonchev–Trinajstić information content (AvgIpc) is 2.41. The summed E-state index contributed by atoms with van der Waals surface area (Å²) in [6, 6.07) is 9.94. The molecule has 0 fully saturated rings. The second kappa shape index (κ2) is 5.75. The molecule has 0 heterocycles. The van der Waals surface area contributed by atoms with E-state index >= 15 is 0 Å². The molecule has 0 radical (unpaired) electrons. The first-order valence-electron chi connectivity index (χ1n) is 5.92. The number of carboxylic acid groups (broad SMARTS) is 1. The summed E-state index contributed by atoms with van der Waals surface area (Å²) < 4.78 is 26.8. The molecule has 0 aliphatic carbocycles. The molecular formula is C14H12ClNO4S. The molecule has 2 rings (SSSR count). The summed E-state index contributed by atoms with van der Waals surface area (Å²) in [5, 5.41) is 9.24. The van der Waals surface area contributed by atoms with Crippen molar-refractivity contribution in [1.29, 1.82) is 0 Å². The van der Waals surface area contributed by atoms with Crippen molar-refractivity contribution in [2.75, 3.05) is 4.72 Å². The zero-order chi connectivity index (χ0) is 15.6. The molecule has 0 aliphatic heterocycles. The number of hydrogen-bond acceptors (Lipinski definition) is 3. The number of carboxylic acids is 1. The molecule has 0 bridgehead atoms.